The minimum absolute atomic E-state index is 0.0981. The summed E-state index contributed by atoms with van der Waals surface area (Å²) in [6.45, 7) is 4.13. The molecule has 42 heavy (non-hydrogen) atoms. The van der Waals surface area contributed by atoms with Gasteiger partial charge in [0, 0.05) is 22.8 Å². The highest BCUT2D eigenvalue weighted by Crippen LogP contribution is 2.26. The maximum atomic E-state index is 3.64. The van der Waals surface area contributed by atoms with Gasteiger partial charge in [0.2, 0.25) is 0 Å². The second kappa shape index (κ2) is 9.55. The number of H-pyrrole nitrogens is 6. The van der Waals surface area contributed by atoms with Crippen LogP contribution in [0.5, 0.6) is 0 Å². The predicted molar refractivity (Wildman–Crippen MR) is 166 cm³/mol. The first kappa shape index (κ1) is 24.3. The third-order valence-corrected chi connectivity index (χ3v) is 8.11. The molecule has 0 bridgehead atoms. The van der Waals surface area contributed by atoms with E-state index in [1.54, 1.807) is 0 Å². The fourth-order valence-electron chi connectivity index (χ4n) is 5.85. The van der Waals surface area contributed by atoms with E-state index in [-0.39, 0.29) is 12.1 Å². The van der Waals surface area contributed by atoms with Crippen molar-refractivity contribution in [2.75, 3.05) is 0 Å². The molecule has 8 N–H and O–H groups in total. The van der Waals surface area contributed by atoms with E-state index in [0.29, 0.717) is 0 Å². The molecule has 8 rings (SSSR count). The topological polar surface area (TPSA) is 119 Å². The third-order valence-electron chi connectivity index (χ3n) is 8.11. The summed E-state index contributed by atoms with van der Waals surface area (Å²) >= 11 is 0. The zero-order valence-electron chi connectivity index (χ0n) is 23.4. The second-order valence-electron chi connectivity index (χ2n) is 11.1. The average Bonchev–Trinajstić information content (AvgIpc) is 3.81. The predicted octanol–water partition coefficient (Wildman–Crippen LogP) is 4.91. The Balaban J connectivity index is 1.02. The fourth-order valence-corrected chi connectivity index (χ4v) is 5.85. The number of nitrogens with one attached hydrogen (secondary N) is 8. The van der Waals surface area contributed by atoms with Crippen LogP contribution in [-0.2, 0) is 0 Å². The molecule has 0 saturated heterocycles. The van der Waals surface area contributed by atoms with Gasteiger partial charge >= 0.3 is 0 Å². The summed E-state index contributed by atoms with van der Waals surface area (Å²) in [6, 6.07) is 25.6. The number of hydrogen-bond donors (Lipinski definition) is 8. The lowest BCUT2D eigenvalue weighted by Crippen LogP contribution is -2.19. The number of aromatic amines is 6. The van der Waals surface area contributed by atoms with Gasteiger partial charge in [0.25, 0.3) is 0 Å². The maximum Gasteiger partial charge on any atom is 0.0852 e. The van der Waals surface area contributed by atoms with Crippen molar-refractivity contribution >= 4 is 11.4 Å². The van der Waals surface area contributed by atoms with Crippen LogP contribution in [0, 0.1) is 24.5 Å². The van der Waals surface area contributed by atoms with Crippen molar-refractivity contribution in [1.29, 1.82) is 0 Å². The van der Waals surface area contributed by atoms with Gasteiger partial charge in [-0.15, -0.1) is 0 Å². The minimum Gasteiger partial charge on any atom is -0.372 e. The summed E-state index contributed by atoms with van der Waals surface area (Å²) in [5.74, 6) is 0. The van der Waals surface area contributed by atoms with Crippen LogP contribution in [0.1, 0.15) is 34.9 Å². The Labute approximate surface area is 241 Å². The van der Waals surface area contributed by atoms with Gasteiger partial charge in [0.15, 0.2) is 0 Å². The van der Waals surface area contributed by atoms with Crippen molar-refractivity contribution in [3.05, 3.63) is 141 Å². The normalized spacial score (nSPS) is 21.3. The zero-order valence-corrected chi connectivity index (χ0v) is 23.4. The van der Waals surface area contributed by atoms with Crippen LogP contribution in [0.15, 0.2) is 97.1 Å². The van der Waals surface area contributed by atoms with E-state index in [0.717, 1.165) is 78.3 Å². The van der Waals surface area contributed by atoms with Crippen molar-refractivity contribution in [2.45, 2.75) is 25.9 Å². The molecule has 0 aromatic carbocycles. The quantitative estimate of drug-likeness (QED) is 0.159. The Bertz CT molecular complexity index is 2050. The van der Waals surface area contributed by atoms with Crippen LogP contribution in [0.2, 0.25) is 0 Å². The van der Waals surface area contributed by atoms with Crippen LogP contribution in [0.4, 0.5) is 0 Å². The van der Waals surface area contributed by atoms with Crippen molar-refractivity contribution in [2.24, 2.45) is 0 Å². The molecule has 0 radical (unpaired) electrons. The second-order valence-corrected chi connectivity index (χ2v) is 11.1. The van der Waals surface area contributed by atoms with Crippen LogP contribution < -0.4 is 21.3 Å². The molecule has 6 aromatic heterocycles. The van der Waals surface area contributed by atoms with Crippen LogP contribution in [-0.4, -0.2) is 29.9 Å². The van der Waals surface area contributed by atoms with Gasteiger partial charge in [-0.1, -0.05) is 12.2 Å². The Kier molecular flexibility index (Phi) is 5.53. The summed E-state index contributed by atoms with van der Waals surface area (Å²) in [6.07, 6.45) is 8.67. The molecule has 8 heteroatoms. The zero-order chi connectivity index (χ0) is 28.2. The summed E-state index contributed by atoms with van der Waals surface area (Å²) in [5.41, 5.74) is 11.1. The minimum atomic E-state index is 0.0981. The first-order chi connectivity index (χ1) is 20.6. The van der Waals surface area contributed by atoms with Crippen LogP contribution in [0.3, 0.4) is 0 Å². The Hall–Kier alpha value is -5.50. The van der Waals surface area contributed by atoms with E-state index in [1.807, 2.05) is 0 Å². The highest BCUT2D eigenvalue weighted by molar-refractivity contribution is 5.62. The molecule has 0 aliphatic carbocycles. The maximum absolute atomic E-state index is 3.64. The monoisotopic (exact) mass is 552 g/mol. The molecule has 0 spiro atoms. The lowest BCUT2D eigenvalue weighted by atomic mass is 10.2. The summed E-state index contributed by atoms with van der Waals surface area (Å²) in [4.78, 5) is 21.0. The Morgan fingerprint density at radius 1 is 0.405 bits per heavy atom. The Morgan fingerprint density at radius 3 is 1.24 bits per heavy atom. The lowest BCUT2D eigenvalue weighted by Gasteiger charge is -2.09. The molecule has 0 fully saturated rings. The van der Waals surface area contributed by atoms with Crippen molar-refractivity contribution in [1.82, 2.24) is 40.5 Å². The first-order valence-corrected chi connectivity index (χ1v) is 14.3. The van der Waals surface area contributed by atoms with E-state index in [1.165, 1.54) is 0 Å². The van der Waals surface area contributed by atoms with Crippen molar-refractivity contribution < 1.29 is 0 Å². The molecule has 208 valence electrons. The van der Waals surface area contributed by atoms with Gasteiger partial charge in [0.1, 0.15) is 0 Å². The fraction of sp³-hybridized carbons (Fsp3) is 0.118. The summed E-state index contributed by atoms with van der Waals surface area (Å²) in [5, 5.41) is 11.5. The summed E-state index contributed by atoms with van der Waals surface area (Å²) < 4.78 is 0. The number of aryl methyl sites for hydroxylation is 2. The molecule has 0 saturated carbocycles. The Morgan fingerprint density at radius 2 is 0.810 bits per heavy atom. The molecular weight excluding hydrogens is 520 g/mol. The molecule has 6 aromatic rings. The van der Waals surface area contributed by atoms with Gasteiger partial charge in [-0.05, 0) is 98.8 Å². The molecule has 2 unspecified atom stereocenters. The smallest absolute Gasteiger partial charge is 0.0852 e. The van der Waals surface area contributed by atoms with E-state index >= 15 is 0 Å². The molecule has 0 amide bonds. The number of rotatable bonds is 4. The van der Waals surface area contributed by atoms with Gasteiger partial charge in [-0.2, -0.15) is 0 Å². The van der Waals surface area contributed by atoms with Crippen LogP contribution in [0.25, 0.3) is 34.2 Å². The molecule has 8 heterocycles. The lowest BCUT2D eigenvalue weighted by molar-refractivity contribution is 0.774. The molecule has 2 aliphatic heterocycles. The molecular formula is C34H32N8. The van der Waals surface area contributed by atoms with Gasteiger partial charge in [-0.25, -0.2) is 0 Å². The van der Waals surface area contributed by atoms with Gasteiger partial charge < -0.3 is 40.5 Å². The van der Waals surface area contributed by atoms with Crippen molar-refractivity contribution in [3.63, 3.8) is 0 Å². The largest absolute Gasteiger partial charge is 0.372 e. The highest BCUT2D eigenvalue weighted by Gasteiger charge is 2.18. The SMILES string of the molecule is Cc1ccc(-c2ccc(C3C=C/C(=c4/cc/c(=c5/cc/c(=C6/C=CC(c7ccc(-c8ccc(C)[nH]8)[nH]7)N6)[nH]5)[nH]4)N3)[nH]2)[nH]1. The van der Waals surface area contributed by atoms with E-state index < -0.39 is 0 Å². The van der Waals surface area contributed by atoms with E-state index in [4.69, 9.17) is 0 Å². The van der Waals surface area contributed by atoms with E-state index in [2.05, 4.69) is 151 Å². The molecule has 2 atom stereocenters. The van der Waals surface area contributed by atoms with Crippen molar-refractivity contribution in [3.8, 4) is 22.8 Å². The number of hydrogen-bond acceptors (Lipinski definition) is 2. The average molecular weight is 553 g/mol. The first-order valence-electron chi connectivity index (χ1n) is 14.3. The highest BCUT2D eigenvalue weighted by atomic mass is 15.0. The number of aromatic nitrogens is 6. The van der Waals surface area contributed by atoms with Gasteiger partial charge in [0.05, 0.1) is 67.6 Å². The van der Waals surface area contributed by atoms with Gasteiger partial charge in [-0.3, -0.25) is 0 Å². The summed E-state index contributed by atoms with van der Waals surface area (Å²) in [7, 11) is 0. The standard InChI is InChI=1S/C34H32N8/c1-19-3-5-21(35-19)23-7-9-25(37-23)27-11-13-29(39-27)31-15-17-33(41-31)34-18-16-32(42-34)30-14-12-28(40-30)26-10-8-24(38-26)22-6-4-20(2)36-22/h3-18,27-28,35-42H,1-2H3/b31-29+,32-30+,34-33+. The molecule has 2 aliphatic rings. The van der Waals surface area contributed by atoms with Crippen LogP contribution >= 0.6 is 0 Å². The third kappa shape index (κ3) is 4.34. The van der Waals surface area contributed by atoms with E-state index in [9.17, 15) is 0 Å². The molecule has 8 nitrogen and oxygen atoms in total.